The van der Waals surface area contributed by atoms with Crippen LogP contribution in [0.25, 0.3) is 0 Å². The lowest BCUT2D eigenvalue weighted by atomic mass is 9.44. The lowest BCUT2D eigenvalue weighted by molar-refractivity contribution is -0.139. The number of rotatable bonds is 7. The van der Waals surface area contributed by atoms with E-state index in [0.29, 0.717) is 22.5 Å². The maximum atomic E-state index is 12.1. The third-order valence-corrected chi connectivity index (χ3v) is 10.6. The van der Waals surface area contributed by atoms with E-state index in [1.165, 1.54) is 89.9 Å². The van der Waals surface area contributed by atoms with Crippen LogP contribution in [0.15, 0.2) is 0 Å². The van der Waals surface area contributed by atoms with Crippen molar-refractivity contribution in [3.63, 3.8) is 0 Å². The summed E-state index contributed by atoms with van der Waals surface area (Å²) >= 11 is 0. The van der Waals surface area contributed by atoms with Gasteiger partial charge in [0.2, 0.25) is 0 Å². The second-order valence-electron chi connectivity index (χ2n) is 11.8. The fourth-order valence-electron chi connectivity index (χ4n) is 8.80. The summed E-state index contributed by atoms with van der Waals surface area (Å²) in [6, 6.07) is 0. The molecule has 160 valence electrons. The summed E-state index contributed by atoms with van der Waals surface area (Å²) in [5.74, 6) is 5.16. The Morgan fingerprint density at radius 2 is 1.57 bits per heavy atom. The van der Waals surface area contributed by atoms with Crippen molar-refractivity contribution >= 4 is 5.78 Å². The summed E-state index contributed by atoms with van der Waals surface area (Å²) in [5, 5.41) is 0. The fourth-order valence-corrected chi connectivity index (χ4v) is 8.80. The molecule has 1 heteroatoms. The highest BCUT2D eigenvalue weighted by atomic mass is 16.1. The summed E-state index contributed by atoms with van der Waals surface area (Å²) in [5.41, 5.74) is 1.12. The molecule has 0 saturated heterocycles. The molecule has 0 heterocycles. The molecule has 1 unspecified atom stereocenters. The predicted molar refractivity (Wildman–Crippen MR) is 118 cm³/mol. The summed E-state index contributed by atoms with van der Waals surface area (Å²) in [6.45, 7) is 7.60. The zero-order chi connectivity index (χ0) is 19.8. The molecule has 4 aliphatic carbocycles. The number of carbonyl (C=O) groups is 1. The molecule has 0 spiro atoms. The Hall–Kier alpha value is -0.330. The third-order valence-electron chi connectivity index (χ3n) is 10.6. The summed E-state index contributed by atoms with van der Waals surface area (Å²) in [7, 11) is 0. The normalized spacial score (nSPS) is 45.4. The minimum absolute atomic E-state index is 0.482. The van der Waals surface area contributed by atoms with Crippen molar-refractivity contribution in [2.75, 3.05) is 0 Å². The number of Topliss-reactive ketones (excluding diaryl/α,β-unsaturated/α-hetero) is 1. The molecule has 4 aliphatic rings. The first-order chi connectivity index (χ1) is 13.5. The van der Waals surface area contributed by atoms with E-state index in [-0.39, 0.29) is 0 Å². The van der Waals surface area contributed by atoms with Crippen LogP contribution in [0.5, 0.6) is 0 Å². The highest BCUT2D eigenvalue weighted by Crippen LogP contribution is 2.67. The van der Waals surface area contributed by atoms with Crippen LogP contribution in [0.2, 0.25) is 0 Å². The summed E-state index contributed by atoms with van der Waals surface area (Å²) in [4.78, 5) is 12.1. The lowest BCUT2D eigenvalue weighted by Gasteiger charge is -2.60. The first kappa shape index (κ1) is 20.9. The Bertz CT molecular complexity index is 552. The van der Waals surface area contributed by atoms with Gasteiger partial charge in [0, 0.05) is 12.8 Å². The van der Waals surface area contributed by atoms with E-state index in [1.807, 2.05) is 0 Å². The van der Waals surface area contributed by atoms with Gasteiger partial charge in [-0.2, -0.15) is 0 Å². The topological polar surface area (TPSA) is 17.1 Å². The largest absolute Gasteiger partial charge is 0.300 e. The maximum absolute atomic E-state index is 12.1. The van der Waals surface area contributed by atoms with Gasteiger partial charge in [0.15, 0.2) is 0 Å². The van der Waals surface area contributed by atoms with E-state index < -0.39 is 0 Å². The number of carbonyl (C=O) groups excluding carboxylic acids is 1. The lowest BCUT2D eigenvalue weighted by Crippen LogP contribution is -2.53. The van der Waals surface area contributed by atoms with Crippen LogP contribution in [0, 0.1) is 40.4 Å². The Morgan fingerprint density at radius 1 is 0.821 bits per heavy atom. The molecule has 4 rings (SSSR count). The molecule has 0 aromatic carbocycles. The van der Waals surface area contributed by atoms with Crippen molar-refractivity contribution in [3.8, 4) is 0 Å². The zero-order valence-electron chi connectivity index (χ0n) is 19.1. The first-order valence-corrected chi connectivity index (χ1v) is 13.0. The monoisotopic (exact) mass is 386 g/mol. The van der Waals surface area contributed by atoms with Crippen molar-refractivity contribution < 1.29 is 4.79 Å². The minimum Gasteiger partial charge on any atom is -0.300 e. The highest BCUT2D eigenvalue weighted by Gasteiger charge is 2.59. The van der Waals surface area contributed by atoms with E-state index in [1.54, 1.807) is 0 Å². The Labute approximate surface area is 174 Å². The maximum Gasteiger partial charge on any atom is 0.133 e. The molecule has 0 radical (unpaired) electrons. The van der Waals surface area contributed by atoms with Gasteiger partial charge in [0.25, 0.3) is 0 Å². The molecule has 7 atom stereocenters. The van der Waals surface area contributed by atoms with E-state index >= 15 is 0 Å². The zero-order valence-corrected chi connectivity index (χ0v) is 19.1. The van der Waals surface area contributed by atoms with E-state index in [2.05, 4.69) is 20.8 Å². The van der Waals surface area contributed by atoms with Gasteiger partial charge in [-0.25, -0.2) is 0 Å². The van der Waals surface area contributed by atoms with Gasteiger partial charge in [0.05, 0.1) is 0 Å². The quantitative estimate of drug-likeness (QED) is 0.405. The number of ketones is 1. The molecule has 0 bridgehead atoms. The van der Waals surface area contributed by atoms with Gasteiger partial charge in [-0.15, -0.1) is 0 Å². The molecule has 0 aromatic rings. The van der Waals surface area contributed by atoms with Crippen LogP contribution in [0.1, 0.15) is 124 Å². The second kappa shape index (κ2) is 8.43. The minimum atomic E-state index is 0.482. The van der Waals surface area contributed by atoms with Gasteiger partial charge < -0.3 is 0 Å². The Morgan fingerprint density at radius 3 is 2.39 bits per heavy atom. The molecular weight excluding hydrogens is 340 g/mol. The van der Waals surface area contributed by atoms with E-state index in [9.17, 15) is 4.79 Å². The number of fused-ring (bicyclic) bond motifs is 5. The molecule has 1 nitrogen and oxygen atoms in total. The van der Waals surface area contributed by atoms with Crippen molar-refractivity contribution in [1.29, 1.82) is 0 Å². The van der Waals surface area contributed by atoms with Gasteiger partial charge >= 0.3 is 0 Å². The smallest absolute Gasteiger partial charge is 0.133 e. The molecule has 0 aliphatic heterocycles. The van der Waals surface area contributed by atoms with Gasteiger partial charge in [-0.1, -0.05) is 59.3 Å². The Kier molecular flexibility index (Phi) is 6.30. The van der Waals surface area contributed by atoms with Gasteiger partial charge in [-0.05, 0) is 91.8 Å². The van der Waals surface area contributed by atoms with E-state index in [4.69, 9.17) is 0 Å². The Balaban J connectivity index is 1.37. The van der Waals surface area contributed by atoms with Crippen LogP contribution in [0.3, 0.4) is 0 Å². The van der Waals surface area contributed by atoms with Crippen LogP contribution in [-0.4, -0.2) is 5.78 Å². The van der Waals surface area contributed by atoms with Crippen molar-refractivity contribution in [1.82, 2.24) is 0 Å². The molecular formula is C27H46O. The van der Waals surface area contributed by atoms with Crippen molar-refractivity contribution in [3.05, 3.63) is 0 Å². The summed E-state index contributed by atoms with van der Waals surface area (Å²) < 4.78 is 0. The molecule has 0 N–H and O–H groups in total. The van der Waals surface area contributed by atoms with Gasteiger partial charge in [0.1, 0.15) is 5.78 Å². The van der Waals surface area contributed by atoms with Gasteiger partial charge in [-0.3, -0.25) is 4.79 Å². The molecule has 4 saturated carbocycles. The number of hydrogen-bond acceptors (Lipinski definition) is 1. The third kappa shape index (κ3) is 3.62. The first-order valence-electron chi connectivity index (χ1n) is 13.0. The number of unbranched alkanes of at least 4 members (excludes halogenated alkanes) is 5. The van der Waals surface area contributed by atoms with E-state index in [0.717, 1.165) is 36.5 Å². The average molecular weight is 387 g/mol. The highest BCUT2D eigenvalue weighted by molar-refractivity contribution is 5.79. The average Bonchev–Trinajstić information content (AvgIpc) is 3.01. The van der Waals surface area contributed by atoms with Crippen LogP contribution >= 0.6 is 0 Å². The summed E-state index contributed by atoms with van der Waals surface area (Å²) in [6.07, 6.45) is 21.9. The number of hydrogen-bond donors (Lipinski definition) is 0. The van der Waals surface area contributed by atoms with Crippen molar-refractivity contribution in [2.45, 2.75) is 124 Å². The molecule has 0 amide bonds. The standard InChI is InChI=1S/C27H46O/c1-4-5-6-7-8-9-10-20-12-14-24-23-13-11-21-19-22(28)15-17-27(21,3)25(23)16-18-26(20,24)2/h20-21,23-25H,4-19H2,1-3H3/t20?,21-,23-,24-,25-,26+,27-/m0/s1. The van der Waals surface area contributed by atoms with Crippen molar-refractivity contribution in [2.24, 2.45) is 40.4 Å². The SMILES string of the molecule is CCCCCCCCC1CC[C@H]2[C@@H]3CC[C@H]4CC(=O)CC[C@]4(C)[C@H]3CC[C@]12C. The second-order valence-corrected chi connectivity index (χ2v) is 11.8. The van der Waals surface area contributed by atoms with Crippen LogP contribution < -0.4 is 0 Å². The molecule has 0 aromatic heterocycles. The van der Waals surface area contributed by atoms with Crippen LogP contribution in [0.4, 0.5) is 0 Å². The predicted octanol–water partition coefficient (Wildman–Crippen LogP) is 7.97. The molecule has 4 fully saturated rings. The molecule has 28 heavy (non-hydrogen) atoms. The van der Waals surface area contributed by atoms with Crippen LogP contribution in [-0.2, 0) is 4.79 Å². The fraction of sp³-hybridized carbons (Fsp3) is 0.963.